The molecule has 188 valence electrons. The normalized spacial score (nSPS) is 41.7. The molecule has 0 aromatic heterocycles. The molecule has 4 rings (SSSR count). The van der Waals surface area contributed by atoms with Crippen LogP contribution in [0.3, 0.4) is 0 Å². The van der Waals surface area contributed by atoms with Crippen LogP contribution in [0.4, 0.5) is 8.78 Å². The highest BCUT2D eigenvalue weighted by Gasteiger charge is 2.31. The average Bonchev–Trinajstić information content (AvgIpc) is 2.81. The minimum absolute atomic E-state index is 0. The summed E-state index contributed by atoms with van der Waals surface area (Å²) in [6.07, 6.45) is 21.0. The van der Waals surface area contributed by atoms with Crippen molar-refractivity contribution in [2.75, 3.05) is 6.67 Å². The summed E-state index contributed by atoms with van der Waals surface area (Å²) in [5.74, 6) is 6.19. The molecule has 2 heteroatoms. The molecule has 4 aliphatic carbocycles. The molecule has 0 nitrogen and oxygen atoms in total. The van der Waals surface area contributed by atoms with Gasteiger partial charge in [-0.2, -0.15) is 0 Å². The minimum Gasteiger partial charge on any atom is -0.251 e. The van der Waals surface area contributed by atoms with Gasteiger partial charge in [0.1, 0.15) is 0 Å². The number of rotatable bonds is 4. The van der Waals surface area contributed by atoms with Crippen molar-refractivity contribution in [1.82, 2.24) is 0 Å². The van der Waals surface area contributed by atoms with Crippen LogP contribution in [0.1, 0.15) is 122 Å². The third-order valence-electron chi connectivity index (χ3n) is 9.78. The van der Waals surface area contributed by atoms with Crippen molar-refractivity contribution >= 4 is 0 Å². The van der Waals surface area contributed by atoms with Crippen molar-refractivity contribution in [3.63, 3.8) is 0 Å². The van der Waals surface area contributed by atoms with Crippen molar-refractivity contribution in [2.24, 2.45) is 47.3 Å². The van der Waals surface area contributed by atoms with Crippen LogP contribution >= 0.6 is 0 Å². The van der Waals surface area contributed by atoms with E-state index >= 15 is 0 Å². The maximum Gasteiger partial charge on any atom is 0.0958 e. The lowest BCUT2D eigenvalue weighted by Gasteiger charge is -2.36. The van der Waals surface area contributed by atoms with E-state index in [1.165, 1.54) is 77.0 Å². The van der Waals surface area contributed by atoms with Crippen LogP contribution in [-0.4, -0.2) is 6.67 Å². The highest BCUT2D eigenvalue weighted by Crippen LogP contribution is 2.43. The Morgan fingerprint density at radius 3 is 1.26 bits per heavy atom. The second-order valence-electron chi connectivity index (χ2n) is 12.0. The lowest BCUT2D eigenvalue weighted by atomic mass is 9.69. The van der Waals surface area contributed by atoms with E-state index < -0.39 is 0 Å². The molecule has 4 saturated carbocycles. The van der Waals surface area contributed by atoms with Gasteiger partial charge in [0, 0.05) is 11.6 Å². The van der Waals surface area contributed by atoms with Crippen LogP contribution in [0, 0.1) is 47.3 Å². The Balaban J connectivity index is 0. The summed E-state index contributed by atoms with van der Waals surface area (Å²) >= 11 is 0. The third-order valence-corrected chi connectivity index (χ3v) is 9.78. The zero-order valence-corrected chi connectivity index (χ0v) is 20.6. The van der Waals surface area contributed by atoms with Crippen molar-refractivity contribution in [3.05, 3.63) is 12.4 Å². The molecule has 0 saturated heterocycles. The van der Waals surface area contributed by atoms with E-state index in [-0.39, 0.29) is 24.1 Å². The number of hydrogen-bond acceptors (Lipinski definition) is 0. The molecule has 4 aliphatic rings. The molecule has 4 fully saturated rings. The first-order valence-electron chi connectivity index (χ1n) is 13.9. The maximum atomic E-state index is 13.0. The van der Waals surface area contributed by atoms with Crippen molar-refractivity contribution in [1.29, 1.82) is 0 Å². The summed E-state index contributed by atoms with van der Waals surface area (Å²) in [5, 5.41) is 0. The molecule has 0 radical (unpaired) electrons. The number of hydrogen-bond donors (Lipinski definition) is 0. The predicted octanol–water partition coefficient (Wildman–Crippen LogP) is 10.7. The molecular weight excluding hydrogens is 386 g/mol. The van der Waals surface area contributed by atoms with Crippen LogP contribution in [0.2, 0.25) is 0 Å². The Bertz CT molecular complexity index is 515. The fourth-order valence-electron chi connectivity index (χ4n) is 7.23. The van der Waals surface area contributed by atoms with Crippen LogP contribution < -0.4 is 0 Å². The molecule has 0 atom stereocenters. The van der Waals surface area contributed by atoms with Crippen LogP contribution in [0.15, 0.2) is 12.4 Å². The van der Waals surface area contributed by atoms with Crippen molar-refractivity contribution in [3.8, 4) is 0 Å². The first kappa shape index (κ1) is 25.2. The summed E-state index contributed by atoms with van der Waals surface area (Å²) in [7, 11) is 0. The van der Waals surface area contributed by atoms with Crippen LogP contribution in [-0.2, 0) is 0 Å². The van der Waals surface area contributed by atoms with Gasteiger partial charge in [-0.1, -0.05) is 46.1 Å². The maximum absolute atomic E-state index is 13.0. The van der Waals surface area contributed by atoms with Gasteiger partial charge >= 0.3 is 0 Å². The average molecular weight is 445 g/mol. The Kier molecular flexibility index (Phi) is 10.4. The highest BCUT2D eigenvalue weighted by atomic mass is 19.1. The molecule has 0 spiro atoms. The smallest absolute Gasteiger partial charge is 0.0958 e. The van der Waals surface area contributed by atoms with Crippen LogP contribution in [0.5, 0.6) is 0 Å². The third kappa shape index (κ3) is 7.85. The Morgan fingerprint density at radius 1 is 0.613 bits per heavy atom. The minimum atomic E-state index is -0.0750. The molecular formula is C29H58F2. The number of allylic oxidation sites excluding steroid dienone is 1. The van der Waals surface area contributed by atoms with E-state index in [2.05, 4.69) is 20.4 Å². The van der Waals surface area contributed by atoms with Crippen molar-refractivity contribution in [2.45, 2.75) is 117 Å². The van der Waals surface area contributed by atoms with E-state index in [1.54, 1.807) is 0 Å². The fraction of sp³-hybridized carbons (Fsp3) is 0.931. The molecule has 0 aromatic carbocycles. The van der Waals surface area contributed by atoms with Crippen molar-refractivity contribution < 1.29 is 14.5 Å². The summed E-state index contributed by atoms with van der Waals surface area (Å²) < 4.78 is 25.5. The van der Waals surface area contributed by atoms with Gasteiger partial charge in [-0.15, -0.1) is 0 Å². The lowest BCUT2D eigenvalue weighted by molar-refractivity contribution is 0.140. The van der Waals surface area contributed by atoms with Gasteiger partial charge in [0.15, 0.2) is 0 Å². The SMILES string of the molecule is C=C(F)C1CCC(C2CCC(C)CC2)CC1.CC1CCC(C2CCC(CF)CC2)CC1.[HH].[HH].[HH].[HH]. The zero-order chi connectivity index (χ0) is 22.2. The zero-order valence-electron chi connectivity index (χ0n) is 20.6. The molecule has 0 bridgehead atoms. The number of alkyl halides is 1. The lowest BCUT2D eigenvalue weighted by Crippen LogP contribution is -2.25. The molecule has 0 N–H and O–H groups in total. The van der Waals surface area contributed by atoms with Gasteiger partial charge in [-0.3, -0.25) is 4.39 Å². The molecule has 31 heavy (non-hydrogen) atoms. The van der Waals surface area contributed by atoms with Gasteiger partial charge in [0.2, 0.25) is 0 Å². The Hall–Kier alpha value is -0.400. The largest absolute Gasteiger partial charge is 0.251 e. The standard InChI is InChI=1S/C15H25F.C14H25F.4H2/c1-11-3-5-14(6-4-11)15-9-7-13(8-10-15)12(2)16;1-11-2-6-13(7-3-11)14-8-4-12(10-15)5-9-14;;;;/h11,13-15H,2-10H2,1H3;11-14H,2-10H2,1H3;4*1H. The van der Waals surface area contributed by atoms with Gasteiger partial charge in [0.25, 0.3) is 0 Å². The van der Waals surface area contributed by atoms with Gasteiger partial charge in [-0.05, 0) is 118 Å². The first-order chi connectivity index (χ1) is 15.0. The van der Waals surface area contributed by atoms with E-state index in [9.17, 15) is 8.78 Å². The van der Waals surface area contributed by atoms with E-state index in [1.807, 2.05) is 0 Å². The molecule has 0 unspecified atom stereocenters. The van der Waals surface area contributed by atoms with Gasteiger partial charge < -0.3 is 0 Å². The molecule has 0 heterocycles. The summed E-state index contributed by atoms with van der Waals surface area (Å²) in [6.45, 7) is 8.14. The second kappa shape index (κ2) is 12.7. The monoisotopic (exact) mass is 444 g/mol. The summed E-state index contributed by atoms with van der Waals surface area (Å²) in [5.41, 5.74) is 0. The van der Waals surface area contributed by atoms with E-state index in [0.717, 1.165) is 61.2 Å². The topological polar surface area (TPSA) is 0 Å². The predicted molar refractivity (Wildman–Crippen MR) is 138 cm³/mol. The van der Waals surface area contributed by atoms with Gasteiger partial charge in [0.05, 0.1) is 12.5 Å². The second-order valence-corrected chi connectivity index (χ2v) is 12.0. The molecule has 0 aliphatic heterocycles. The fourth-order valence-corrected chi connectivity index (χ4v) is 7.23. The summed E-state index contributed by atoms with van der Waals surface area (Å²) in [4.78, 5) is 0. The highest BCUT2D eigenvalue weighted by molar-refractivity contribution is 4.93. The Labute approximate surface area is 198 Å². The quantitative estimate of drug-likeness (QED) is 0.404. The molecule has 0 aromatic rings. The molecule has 0 amide bonds. The van der Waals surface area contributed by atoms with E-state index in [4.69, 9.17) is 0 Å². The Morgan fingerprint density at radius 2 is 0.935 bits per heavy atom. The summed E-state index contributed by atoms with van der Waals surface area (Å²) in [6, 6.07) is 0. The van der Waals surface area contributed by atoms with E-state index in [0.29, 0.717) is 5.92 Å². The van der Waals surface area contributed by atoms with Gasteiger partial charge in [-0.25, -0.2) is 4.39 Å². The van der Waals surface area contributed by atoms with Crippen LogP contribution in [0.25, 0.3) is 0 Å². The first-order valence-corrected chi connectivity index (χ1v) is 13.9. The number of halogens is 2.